The molecule has 1 heterocycles. The lowest BCUT2D eigenvalue weighted by molar-refractivity contribution is -0.121. The number of carbonyl (C=O) groups is 1. The summed E-state index contributed by atoms with van der Waals surface area (Å²) in [4.78, 5) is 13.8. The molecule has 0 atom stereocenters. The standard InChI is InChI=1S/C14H27N3O/c1-3-4-5-6-7-8-14(18)16-15-13-9-11-17(2)12-10-13/h3-12H2,1-2H3,(H,16,18). The second-order valence-corrected chi connectivity index (χ2v) is 5.18. The van der Waals surface area contributed by atoms with Gasteiger partial charge in [0.05, 0.1) is 0 Å². The smallest absolute Gasteiger partial charge is 0.240 e. The van der Waals surface area contributed by atoms with Crippen molar-refractivity contribution in [2.45, 2.75) is 58.3 Å². The van der Waals surface area contributed by atoms with Crippen molar-refractivity contribution in [2.75, 3.05) is 20.1 Å². The van der Waals surface area contributed by atoms with E-state index in [2.05, 4.69) is 29.4 Å². The van der Waals surface area contributed by atoms with Gasteiger partial charge >= 0.3 is 0 Å². The van der Waals surface area contributed by atoms with Gasteiger partial charge in [0.15, 0.2) is 0 Å². The molecule has 1 saturated heterocycles. The lowest BCUT2D eigenvalue weighted by Crippen LogP contribution is -2.31. The minimum Gasteiger partial charge on any atom is -0.306 e. The summed E-state index contributed by atoms with van der Waals surface area (Å²) in [7, 11) is 2.12. The first-order valence-electron chi connectivity index (χ1n) is 7.25. The maximum absolute atomic E-state index is 11.6. The Bertz CT molecular complexity index is 266. The molecule has 0 radical (unpaired) electrons. The van der Waals surface area contributed by atoms with E-state index >= 15 is 0 Å². The molecule has 0 aromatic carbocycles. The van der Waals surface area contributed by atoms with Crippen LogP contribution in [-0.2, 0) is 4.79 Å². The van der Waals surface area contributed by atoms with Gasteiger partial charge < -0.3 is 4.90 Å². The number of hydrogen-bond donors (Lipinski definition) is 1. The lowest BCUT2D eigenvalue weighted by atomic mass is 10.1. The Morgan fingerprint density at radius 2 is 1.89 bits per heavy atom. The van der Waals surface area contributed by atoms with Gasteiger partial charge in [0.25, 0.3) is 0 Å². The van der Waals surface area contributed by atoms with Crippen LogP contribution < -0.4 is 5.43 Å². The summed E-state index contributed by atoms with van der Waals surface area (Å²) < 4.78 is 0. The van der Waals surface area contributed by atoms with Crippen LogP contribution in [0.5, 0.6) is 0 Å². The minimum atomic E-state index is 0.0675. The van der Waals surface area contributed by atoms with Crippen LogP contribution in [0.3, 0.4) is 0 Å². The van der Waals surface area contributed by atoms with Crippen molar-refractivity contribution < 1.29 is 4.79 Å². The van der Waals surface area contributed by atoms with Crippen molar-refractivity contribution in [3.05, 3.63) is 0 Å². The predicted molar refractivity (Wildman–Crippen MR) is 75.7 cm³/mol. The van der Waals surface area contributed by atoms with Crippen LogP contribution in [0.25, 0.3) is 0 Å². The molecular formula is C14H27N3O. The zero-order chi connectivity index (χ0) is 13.2. The fourth-order valence-corrected chi connectivity index (χ4v) is 2.07. The number of nitrogens with zero attached hydrogens (tertiary/aromatic N) is 2. The number of carbonyl (C=O) groups excluding carboxylic acids is 1. The third-order valence-electron chi connectivity index (χ3n) is 3.41. The molecule has 1 fully saturated rings. The normalized spacial score (nSPS) is 16.7. The molecule has 1 amide bonds. The summed E-state index contributed by atoms with van der Waals surface area (Å²) in [5.74, 6) is 0.0675. The summed E-state index contributed by atoms with van der Waals surface area (Å²) in [6.07, 6.45) is 8.47. The van der Waals surface area contributed by atoms with Crippen molar-refractivity contribution >= 4 is 11.6 Å². The monoisotopic (exact) mass is 253 g/mol. The van der Waals surface area contributed by atoms with E-state index in [9.17, 15) is 4.79 Å². The van der Waals surface area contributed by atoms with Gasteiger partial charge in [-0.05, 0) is 13.5 Å². The highest BCUT2D eigenvalue weighted by Gasteiger charge is 2.11. The zero-order valence-electron chi connectivity index (χ0n) is 11.9. The third kappa shape index (κ3) is 6.74. The van der Waals surface area contributed by atoms with Gasteiger partial charge in [-0.2, -0.15) is 5.10 Å². The number of unbranched alkanes of at least 4 members (excludes halogenated alkanes) is 4. The fraction of sp³-hybridized carbons (Fsp3) is 0.857. The van der Waals surface area contributed by atoms with Gasteiger partial charge in [0.2, 0.25) is 5.91 Å². The van der Waals surface area contributed by atoms with E-state index in [-0.39, 0.29) is 5.91 Å². The maximum Gasteiger partial charge on any atom is 0.240 e. The van der Waals surface area contributed by atoms with Crippen LogP contribution >= 0.6 is 0 Å². The van der Waals surface area contributed by atoms with Gasteiger partial charge in [-0.15, -0.1) is 0 Å². The second kappa shape index (κ2) is 9.09. The zero-order valence-corrected chi connectivity index (χ0v) is 11.9. The molecule has 1 rings (SSSR count). The van der Waals surface area contributed by atoms with Gasteiger partial charge in [0, 0.05) is 38.1 Å². The largest absolute Gasteiger partial charge is 0.306 e. The molecule has 0 unspecified atom stereocenters. The number of amides is 1. The first-order valence-corrected chi connectivity index (χ1v) is 7.25. The SMILES string of the molecule is CCCCCCCC(=O)NN=C1CCN(C)CC1. The highest BCUT2D eigenvalue weighted by Crippen LogP contribution is 2.06. The Morgan fingerprint density at radius 3 is 2.56 bits per heavy atom. The van der Waals surface area contributed by atoms with Gasteiger partial charge in [0.1, 0.15) is 0 Å². The number of rotatable bonds is 7. The number of hydrazone groups is 1. The van der Waals surface area contributed by atoms with Gasteiger partial charge in [-0.25, -0.2) is 5.43 Å². The molecule has 4 heteroatoms. The molecular weight excluding hydrogens is 226 g/mol. The number of piperidine rings is 1. The summed E-state index contributed by atoms with van der Waals surface area (Å²) in [6, 6.07) is 0. The predicted octanol–water partition coefficient (Wildman–Crippen LogP) is 2.54. The lowest BCUT2D eigenvalue weighted by Gasteiger charge is -2.22. The molecule has 104 valence electrons. The molecule has 1 aliphatic rings. The summed E-state index contributed by atoms with van der Waals surface area (Å²) in [5, 5.41) is 4.22. The van der Waals surface area contributed by atoms with E-state index in [1.54, 1.807) is 0 Å². The van der Waals surface area contributed by atoms with E-state index in [1.165, 1.54) is 19.3 Å². The molecule has 1 N–H and O–H groups in total. The highest BCUT2D eigenvalue weighted by molar-refractivity contribution is 5.87. The van der Waals surface area contributed by atoms with E-state index in [0.29, 0.717) is 6.42 Å². The topological polar surface area (TPSA) is 44.7 Å². The molecule has 1 aliphatic heterocycles. The van der Waals surface area contributed by atoms with Crippen LogP contribution in [0.15, 0.2) is 5.10 Å². The third-order valence-corrected chi connectivity index (χ3v) is 3.41. The van der Waals surface area contributed by atoms with Crippen molar-refractivity contribution in [3.63, 3.8) is 0 Å². The number of nitrogens with one attached hydrogen (secondary N) is 1. The van der Waals surface area contributed by atoms with Crippen molar-refractivity contribution in [3.8, 4) is 0 Å². The van der Waals surface area contributed by atoms with Gasteiger partial charge in [-0.3, -0.25) is 4.79 Å². The van der Waals surface area contributed by atoms with E-state index < -0.39 is 0 Å². The van der Waals surface area contributed by atoms with Crippen molar-refractivity contribution in [1.82, 2.24) is 10.3 Å². The summed E-state index contributed by atoms with van der Waals surface area (Å²) in [5.41, 5.74) is 3.82. The average Bonchev–Trinajstić information content (AvgIpc) is 2.38. The molecule has 18 heavy (non-hydrogen) atoms. The summed E-state index contributed by atoms with van der Waals surface area (Å²) >= 11 is 0. The van der Waals surface area contributed by atoms with Crippen LogP contribution in [0.2, 0.25) is 0 Å². The van der Waals surface area contributed by atoms with Crippen LogP contribution in [-0.4, -0.2) is 36.7 Å². The Kier molecular flexibility index (Phi) is 7.65. The van der Waals surface area contributed by atoms with Crippen LogP contribution in [0.4, 0.5) is 0 Å². The first kappa shape index (κ1) is 15.2. The van der Waals surface area contributed by atoms with E-state index in [4.69, 9.17) is 0 Å². The van der Waals surface area contributed by atoms with E-state index in [1.807, 2.05) is 0 Å². The quantitative estimate of drug-likeness (QED) is 0.560. The second-order valence-electron chi connectivity index (χ2n) is 5.18. The van der Waals surface area contributed by atoms with E-state index in [0.717, 1.165) is 44.5 Å². The Morgan fingerprint density at radius 1 is 1.22 bits per heavy atom. The molecule has 0 aliphatic carbocycles. The first-order chi connectivity index (χ1) is 8.72. The summed E-state index contributed by atoms with van der Waals surface area (Å²) in [6.45, 7) is 4.29. The minimum absolute atomic E-state index is 0.0675. The molecule has 4 nitrogen and oxygen atoms in total. The van der Waals surface area contributed by atoms with Crippen molar-refractivity contribution in [1.29, 1.82) is 0 Å². The van der Waals surface area contributed by atoms with Gasteiger partial charge in [-0.1, -0.05) is 32.6 Å². The maximum atomic E-state index is 11.6. The van der Waals surface area contributed by atoms with Crippen molar-refractivity contribution in [2.24, 2.45) is 5.10 Å². The Hall–Kier alpha value is -0.900. The van der Waals surface area contributed by atoms with Crippen LogP contribution in [0.1, 0.15) is 58.3 Å². The Labute approximate surface area is 111 Å². The average molecular weight is 253 g/mol. The van der Waals surface area contributed by atoms with Crippen LogP contribution in [0, 0.1) is 0 Å². The number of likely N-dealkylation sites (tertiary alicyclic amines) is 1. The molecule has 0 aromatic heterocycles. The molecule has 0 saturated carbocycles. The Balaban J connectivity index is 2.07. The molecule has 0 spiro atoms. The fourth-order valence-electron chi connectivity index (χ4n) is 2.07. The molecule has 0 aromatic rings. The molecule has 0 bridgehead atoms. The highest BCUT2D eigenvalue weighted by atomic mass is 16.2. The number of hydrogen-bond acceptors (Lipinski definition) is 3.